The van der Waals surface area contributed by atoms with Crippen molar-refractivity contribution in [2.45, 2.75) is 25.8 Å². The third-order valence-corrected chi connectivity index (χ3v) is 2.68. The standard InChI is InChI=1S/C9H16N2O3/c1-2-7(5-12)11-4-6(9(10)14)3-8(11)13/h6-7,12H,2-5H2,1H3,(H2,10,14)/t6?,7-/m0/s1. The lowest BCUT2D eigenvalue weighted by Crippen LogP contribution is -2.39. The Morgan fingerprint density at radius 1 is 1.79 bits per heavy atom. The Bertz CT molecular complexity index is 238. The summed E-state index contributed by atoms with van der Waals surface area (Å²) in [4.78, 5) is 23.9. The highest BCUT2D eigenvalue weighted by Crippen LogP contribution is 2.20. The fraction of sp³-hybridized carbons (Fsp3) is 0.778. The van der Waals surface area contributed by atoms with E-state index in [9.17, 15) is 9.59 Å². The average molecular weight is 200 g/mol. The maximum atomic E-state index is 11.5. The summed E-state index contributed by atoms with van der Waals surface area (Å²) in [7, 11) is 0. The molecule has 0 aromatic rings. The molecule has 0 aromatic heterocycles. The zero-order valence-corrected chi connectivity index (χ0v) is 8.27. The number of carbonyl (C=O) groups is 2. The molecule has 1 unspecified atom stereocenters. The van der Waals surface area contributed by atoms with Gasteiger partial charge in [-0.15, -0.1) is 0 Å². The number of primary amides is 1. The number of hydrogen-bond acceptors (Lipinski definition) is 3. The van der Waals surface area contributed by atoms with Gasteiger partial charge >= 0.3 is 0 Å². The lowest BCUT2D eigenvalue weighted by Gasteiger charge is -2.24. The molecule has 1 aliphatic rings. The lowest BCUT2D eigenvalue weighted by molar-refractivity contribution is -0.130. The van der Waals surface area contributed by atoms with Gasteiger partial charge in [-0.3, -0.25) is 9.59 Å². The third-order valence-electron chi connectivity index (χ3n) is 2.68. The van der Waals surface area contributed by atoms with E-state index in [1.807, 2.05) is 6.92 Å². The molecule has 1 heterocycles. The van der Waals surface area contributed by atoms with Gasteiger partial charge in [0.25, 0.3) is 0 Å². The maximum Gasteiger partial charge on any atom is 0.223 e. The Hall–Kier alpha value is -1.10. The van der Waals surface area contributed by atoms with E-state index in [1.165, 1.54) is 0 Å². The van der Waals surface area contributed by atoms with Crippen LogP contribution in [-0.4, -0.2) is 41.0 Å². The van der Waals surface area contributed by atoms with Crippen LogP contribution in [0.5, 0.6) is 0 Å². The van der Waals surface area contributed by atoms with E-state index in [4.69, 9.17) is 10.8 Å². The van der Waals surface area contributed by atoms with Gasteiger partial charge in [-0.25, -0.2) is 0 Å². The van der Waals surface area contributed by atoms with Gasteiger partial charge in [-0.2, -0.15) is 0 Å². The first-order valence-corrected chi connectivity index (χ1v) is 4.79. The van der Waals surface area contributed by atoms with Gasteiger partial charge in [-0.05, 0) is 6.42 Å². The molecule has 80 valence electrons. The summed E-state index contributed by atoms with van der Waals surface area (Å²) in [6, 6.07) is -0.174. The van der Waals surface area contributed by atoms with Crippen molar-refractivity contribution < 1.29 is 14.7 Å². The van der Waals surface area contributed by atoms with Crippen molar-refractivity contribution in [3.63, 3.8) is 0 Å². The van der Waals surface area contributed by atoms with Gasteiger partial charge in [0.15, 0.2) is 0 Å². The highest BCUT2D eigenvalue weighted by atomic mass is 16.3. The second-order valence-electron chi connectivity index (χ2n) is 3.59. The number of carbonyl (C=O) groups excluding carboxylic acids is 2. The van der Waals surface area contributed by atoms with Gasteiger partial charge in [0, 0.05) is 13.0 Å². The quantitative estimate of drug-likeness (QED) is 0.616. The number of nitrogens with zero attached hydrogens (tertiary/aromatic N) is 1. The van der Waals surface area contributed by atoms with Crippen LogP contribution in [0.3, 0.4) is 0 Å². The molecule has 14 heavy (non-hydrogen) atoms. The van der Waals surface area contributed by atoms with Crippen LogP contribution in [-0.2, 0) is 9.59 Å². The molecule has 0 aliphatic carbocycles. The second kappa shape index (κ2) is 4.41. The van der Waals surface area contributed by atoms with Crippen molar-refractivity contribution in [1.82, 2.24) is 4.90 Å². The molecule has 1 fully saturated rings. The lowest BCUT2D eigenvalue weighted by atomic mass is 10.1. The average Bonchev–Trinajstić information content (AvgIpc) is 2.51. The second-order valence-corrected chi connectivity index (χ2v) is 3.59. The van der Waals surface area contributed by atoms with Crippen LogP contribution in [0.1, 0.15) is 19.8 Å². The number of likely N-dealkylation sites (tertiary alicyclic amines) is 1. The molecule has 1 saturated heterocycles. The smallest absolute Gasteiger partial charge is 0.223 e. The van der Waals surface area contributed by atoms with Gasteiger partial charge in [0.2, 0.25) is 11.8 Å². The summed E-state index contributed by atoms with van der Waals surface area (Å²) in [5.41, 5.74) is 5.12. The SMILES string of the molecule is CC[C@@H](CO)N1CC(C(N)=O)CC1=O. The van der Waals surface area contributed by atoms with Crippen molar-refractivity contribution in [3.8, 4) is 0 Å². The molecule has 5 nitrogen and oxygen atoms in total. The summed E-state index contributed by atoms with van der Waals surface area (Å²) in [5.74, 6) is -0.911. The number of amides is 2. The Balaban J connectivity index is 2.64. The third kappa shape index (κ3) is 2.04. The van der Waals surface area contributed by atoms with Crippen LogP contribution in [0.4, 0.5) is 0 Å². The van der Waals surface area contributed by atoms with Gasteiger partial charge in [0.1, 0.15) is 0 Å². The first-order chi connectivity index (χ1) is 6.60. The number of rotatable bonds is 4. The molecule has 2 atom stereocenters. The highest BCUT2D eigenvalue weighted by Gasteiger charge is 2.35. The highest BCUT2D eigenvalue weighted by molar-refractivity contribution is 5.88. The minimum absolute atomic E-state index is 0.0618. The number of aliphatic hydroxyl groups excluding tert-OH is 1. The van der Waals surface area contributed by atoms with Gasteiger partial charge < -0.3 is 15.7 Å². The van der Waals surface area contributed by atoms with Crippen LogP contribution in [0, 0.1) is 5.92 Å². The Kier molecular flexibility index (Phi) is 3.46. The van der Waals surface area contributed by atoms with Gasteiger partial charge in [0.05, 0.1) is 18.6 Å². The van der Waals surface area contributed by atoms with Crippen LogP contribution in [0.25, 0.3) is 0 Å². The molecule has 1 aliphatic heterocycles. The molecular formula is C9H16N2O3. The molecule has 1 rings (SSSR count). The minimum Gasteiger partial charge on any atom is -0.394 e. The maximum absolute atomic E-state index is 11.5. The van der Waals surface area contributed by atoms with Crippen LogP contribution in [0.2, 0.25) is 0 Å². The van der Waals surface area contributed by atoms with Crippen LogP contribution < -0.4 is 5.73 Å². The van der Waals surface area contributed by atoms with E-state index >= 15 is 0 Å². The van der Waals surface area contributed by atoms with Gasteiger partial charge in [-0.1, -0.05) is 6.92 Å². The van der Waals surface area contributed by atoms with E-state index < -0.39 is 5.91 Å². The first kappa shape index (κ1) is 11.0. The zero-order valence-electron chi connectivity index (χ0n) is 8.27. The summed E-state index contributed by atoms with van der Waals surface area (Å²) in [5, 5.41) is 9.02. The number of nitrogens with two attached hydrogens (primary N) is 1. The summed E-state index contributed by atoms with van der Waals surface area (Å²) in [6.07, 6.45) is 0.875. The van der Waals surface area contributed by atoms with E-state index in [0.717, 1.165) is 0 Å². The van der Waals surface area contributed by atoms with Crippen molar-refractivity contribution in [2.24, 2.45) is 11.7 Å². The predicted molar refractivity (Wildman–Crippen MR) is 50.2 cm³/mol. The van der Waals surface area contributed by atoms with Crippen molar-refractivity contribution in [3.05, 3.63) is 0 Å². The molecule has 2 amide bonds. The Morgan fingerprint density at radius 3 is 2.79 bits per heavy atom. The fourth-order valence-electron chi connectivity index (χ4n) is 1.72. The monoisotopic (exact) mass is 200 g/mol. The van der Waals surface area contributed by atoms with Crippen molar-refractivity contribution in [2.75, 3.05) is 13.2 Å². The number of hydrogen-bond donors (Lipinski definition) is 2. The van der Waals surface area contributed by atoms with Crippen molar-refractivity contribution >= 4 is 11.8 Å². The van der Waals surface area contributed by atoms with E-state index in [-0.39, 0.29) is 30.9 Å². The molecule has 0 radical (unpaired) electrons. The molecule has 5 heteroatoms. The number of aliphatic hydroxyl groups is 1. The summed E-state index contributed by atoms with van der Waals surface area (Å²) in [6.45, 7) is 2.19. The van der Waals surface area contributed by atoms with Crippen LogP contribution >= 0.6 is 0 Å². The largest absolute Gasteiger partial charge is 0.394 e. The summed E-state index contributed by atoms with van der Waals surface area (Å²) < 4.78 is 0. The Morgan fingerprint density at radius 2 is 2.43 bits per heavy atom. The fourth-order valence-corrected chi connectivity index (χ4v) is 1.72. The normalized spacial score (nSPS) is 24.0. The molecule has 0 bridgehead atoms. The van der Waals surface area contributed by atoms with E-state index in [1.54, 1.807) is 4.90 Å². The molecular weight excluding hydrogens is 184 g/mol. The van der Waals surface area contributed by atoms with E-state index in [0.29, 0.717) is 13.0 Å². The minimum atomic E-state index is -0.436. The zero-order chi connectivity index (χ0) is 10.7. The van der Waals surface area contributed by atoms with E-state index in [2.05, 4.69) is 0 Å². The summed E-state index contributed by atoms with van der Waals surface area (Å²) >= 11 is 0. The molecule has 0 saturated carbocycles. The van der Waals surface area contributed by atoms with Crippen LogP contribution in [0.15, 0.2) is 0 Å². The van der Waals surface area contributed by atoms with Crippen molar-refractivity contribution in [1.29, 1.82) is 0 Å². The predicted octanol–water partition coefficient (Wildman–Crippen LogP) is -0.909. The first-order valence-electron chi connectivity index (χ1n) is 4.79. The Labute approximate surface area is 82.9 Å². The topological polar surface area (TPSA) is 83.6 Å². The molecule has 3 N–H and O–H groups in total. The molecule has 0 aromatic carbocycles. The molecule has 0 spiro atoms.